The zero-order valence-corrected chi connectivity index (χ0v) is 13.0. The Morgan fingerprint density at radius 3 is 3.13 bits per heavy atom. The first kappa shape index (κ1) is 15.6. The van der Waals surface area contributed by atoms with Crippen LogP contribution in [-0.4, -0.2) is 41.6 Å². The quantitative estimate of drug-likeness (QED) is 0.785. The molecule has 6 heteroatoms. The molecule has 23 heavy (non-hydrogen) atoms. The van der Waals surface area contributed by atoms with E-state index in [0.717, 1.165) is 12.2 Å². The Kier molecular flexibility index (Phi) is 5.26. The fourth-order valence-corrected chi connectivity index (χ4v) is 2.56. The molecule has 0 saturated heterocycles. The van der Waals surface area contributed by atoms with Crippen molar-refractivity contribution in [2.24, 2.45) is 0 Å². The fraction of sp³-hybridized carbons (Fsp3) is 0.412. The predicted octanol–water partition coefficient (Wildman–Crippen LogP) is 1.41. The maximum absolute atomic E-state index is 12.1. The van der Waals surface area contributed by atoms with E-state index in [9.17, 15) is 4.79 Å². The fourth-order valence-electron chi connectivity index (χ4n) is 2.56. The minimum Gasteiger partial charge on any atom is -0.480 e. The van der Waals surface area contributed by atoms with Crippen LogP contribution in [0.1, 0.15) is 12.0 Å². The van der Waals surface area contributed by atoms with E-state index < -0.39 is 6.10 Å². The van der Waals surface area contributed by atoms with E-state index in [1.54, 1.807) is 6.20 Å². The molecule has 0 saturated carbocycles. The average molecular weight is 315 g/mol. The van der Waals surface area contributed by atoms with Crippen LogP contribution in [-0.2, 0) is 22.5 Å². The maximum Gasteiger partial charge on any atom is 0.261 e. The van der Waals surface area contributed by atoms with Gasteiger partial charge in [-0.3, -0.25) is 9.48 Å². The summed E-state index contributed by atoms with van der Waals surface area (Å²) in [6.45, 7) is 2.25. The van der Waals surface area contributed by atoms with E-state index >= 15 is 0 Å². The number of rotatable bonds is 7. The standard InChI is InChI=1S/C17H21N3O3/c21-17(16-7-6-14-4-1-2-5-15(14)23-16)18-9-12-22-13-11-20-10-3-8-19-20/h1-5,8,10,16H,6-7,9,11-13H2,(H,18,21). The van der Waals surface area contributed by atoms with Gasteiger partial charge in [0.1, 0.15) is 5.75 Å². The van der Waals surface area contributed by atoms with Gasteiger partial charge in [-0.05, 0) is 30.5 Å². The number of aromatic nitrogens is 2. The van der Waals surface area contributed by atoms with Gasteiger partial charge in [0.2, 0.25) is 0 Å². The highest BCUT2D eigenvalue weighted by Crippen LogP contribution is 2.26. The number of carbonyl (C=O) groups is 1. The summed E-state index contributed by atoms with van der Waals surface area (Å²) in [4.78, 5) is 12.1. The lowest BCUT2D eigenvalue weighted by Gasteiger charge is -2.25. The van der Waals surface area contributed by atoms with E-state index in [2.05, 4.69) is 10.4 Å². The number of nitrogens with one attached hydrogen (secondary N) is 1. The Morgan fingerprint density at radius 1 is 1.35 bits per heavy atom. The highest BCUT2D eigenvalue weighted by Gasteiger charge is 2.25. The van der Waals surface area contributed by atoms with Crippen molar-refractivity contribution in [3.63, 3.8) is 0 Å². The van der Waals surface area contributed by atoms with Crippen LogP contribution in [0.2, 0.25) is 0 Å². The van der Waals surface area contributed by atoms with Crippen LogP contribution in [0.15, 0.2) is 42.7 Å². The van der Waals surface area contributed by atoms with E-state index in [1.807, 2.05) is 41.2 Å². The molecule has 2 aromatic rings. The van der Waals surface area contributed by atoms with Crippen LogP contribution in [0.4, 0.5) is 0 Å². The van der Waals surface area contributed by atoms with Gasteiger partial charge < -0.3 is 14.8 Å². The van der Waals surface area contributed by atoms with Crippen molar-refractivity contribution in [3.05, 3.63) is 48.3 Å². The first-order chi connectivity index (χ1) is 11.3. The van der Waals surface area contributed by atoms with Crippen molar-refractivity contribution < 1.29 is 14.3 Å². The summed E-state index contributed by atoms with van der Waals surface area (Å²) in [5, 5.41) is 6.96. The van der Waals surface area contributed by atoms with E-state index in [4.69, 9.17) is 9.47 Å². The van der Waals surface area contributed by atoms with Crippen molar-refractivity contribution in [1.29, 1.82) is 0 Å². The van der Waals surface area contributed by atoms with E-state index in [0.29, 0.717) is 32.7 Å². The molecule has 1 N–H and O–H groups in total. The molecule has 1 aliphatic rings. The number of amides is 1. The smallest absolute Gasteiger partial charge is 0.261 e. The van der Waals surface area contributed by atoms with Crippen LogP contribution >= 0.6 is 0 Å². The number of nitrogens with zero attached hydrogens (tertiary/aromatic N) is 2. The summed E-state index contributed by atoms with van der Waals surface area (Å²) in [6.07, 6.45) is 4.80. The van der Waals surface area contributed by atoms with Gasteiger partial charge in [0.25, 0.3) is 5.91 Å². The Labute approximate surface area is 135 Å². The normalized spacial score (nSPS) is 16.4. The SMILES string of the molecule is O=C(NCCOCCn1cccn1)C1CCc2ccccc2O1. The molecule has 6 nitrogen and oxygen atoms in total. The summed E-state index contributed by atoms with van der Waals surface area (Å²) in [6, 6.07) is 9.74. The molecule has 1 amide bonds. The molecule has 0 fully saturated rings. The second kappa shape index (κ2) is 7.78. The number of hydrogen-bond acceptors (Lipinski definition) is 4. The van der Waals surface area contributed by atoms with Crippen molar-refractivity contribution in [1.82, 2.24) is 15.1 Å². The van der Waals surface area contributed by atoms with Crippen LogP contribution < -0.4 is 10.1 Å². The first-order valence-electron chi connectivity index (χ1n) is 7.90. The van der Waals surface area contributed by atoms with Crippen molar-refractivity contribution in [2.75, 3.05) is 19.8 Å². The number of benzene rings is 1. The second-order valence-corrected chi connectivity index (χ2v) is 5.43. The van der Waals surface area contributed by atoms with Gasteiger partial charge >= 0.3 is 0 Å². The molecule has 0 spiro atoms. The van der Waals surface area contributed by atoms with E-state index in [1.165, 1.54) is 5.56 Å². The number of carbonyl (C=O) groups excluding carboxylic acids is 1. The largest absolute Gasteiger partial charge is 0.480 e. The Bertz CT molecular complexity index is 628. The number of ether oxygens (including phenoxy) is 2. The zero-order valence-electron chi connectivity index (χ0n) is 13.0. The highest BCUT2D eigenvalue weighted by molar-refractivity contribution is 5.81. The van der Waals surface area contributed by atoms with Gasteiger partial charge in [0.15, 0.2) is 6.10 Å². The van der Waals surface area contributed by atoms with Crippen LogP contribution in [0.3, 0.4) is 0 Å². The predicted molar refractivity (Wildman–Crippen MR) is 85.2 cm³/mol. The van der Waals surface area contributed by atoms with Crippen molar-refractivity contribution >= 4 is 5.91 Å². The summed E-state index contributed by atoms with van der Waals surface area (Å²) in [7, 11) is 0. The molecule has 2 heterocycles. The van der Waals surface area contributed by atoms with Crippen LogP contribution in [0.25, 0.3) is 0 Å². The van der Waals surface area contributed by atoms with Gasteiger partial charge in [0, 0.05) is 18.9 Å². The summed E-state index contributed by atoms with van der Waals surface area (Å²) in [5.74, 6) is 0.740. The van der Waals surface area contributed by atoms with Gasteiger partial charge in [-0.1, -0.05) is 18.2 Å². The van der Waals surface area contributed by atoms with Gasteiger partial charge in [-0.25, -0.2) is 0 Å². The third-order valence-corrected chi connectivity index (χ3v) is 3.78. The topological polar surface area (TPSA) is 65.4 Å². The molecule has 122 valence electrons. The van der Waals surface area contributed by atoms with E-state index in [-0.39, 0.29) is 5.91 Å². The Morgan fingerprint density at radius 2 is 2.26 bits per heavy atom. The van der Waals surface area contributed by atoms with Gasteiger partial charge in [0.05, 0.1) is 19.8 Å². The van der Waals surface area contributed by atoms with Gasteiger partial charge in [-0.15, -0.1) is 0 Å². The zero-order chi connectivity index (χ0) is 15.9. The number of para-hydroxylation sites is 1. The second-order valence-electron chi connectivity index (χ2n) is 5.43. The highest BCUT2D eigenvalue weighted by atomic mass is 16.5. The van der Waals surface area contributed by atoms with Crippen LogP contribution in [0, 0.1) is 0 Å². The lowest BCUT2D eigenvalue weighted by atomic mass is 10.0. The monoisotopic (exact) mass is 315 g/mol. The van der Waals surface area contributed by atoms with Crippen molar-refractivity contribution in [3.8, 4) is 5.75 Å². The molecule has 0 aliphatic carbocycles. The molecular weight excluding hydrogens is 294 g/mol. The Balaban J connectivity index is 1.32. The third-order valence-electron chi connectivity index (χ3n) is 3.78. The minimum atomic E-state index is -0.408. The molecule has 0 radical (unpaired) electrons. The maximum atomic E-state index is 12.1. The molecule has 1 aromatic carbocycles. The third kappa shape index (κ3) is 4.32. The lowest BCUT2D eigenvalue weighted by Crippen LogP contribution is -2.41. The van der Waals surface area contributed by atoms with Crippen molar-refractivity contribution in [2.45, 2.75) is 25.5 Å². The first-order valence-corrected chi connectivity index (χ1v) is 7.90. The molecule has 1 unspecified atom stereocenters. The number of fused-ring (bicyclic) bond motifs is 1. The molecule has 0 bridgehead atoms. The number of hydrogen-bond donors (Lipinski definition) is 1. The summed E-state index contributed by atoms with van der Waals surface area (Å²) in [5.41, 5.74) is 1.17. The minimum absolute atomic E-state index is 0.0739. The Hall–Kier alpha value is -2.34. The summed E-state index contributed by atoms with van der Waals surface area (Å²) >= 11 is 0. The van der Waals surface area contributed by atoms with Gasteiger partial charge in [-0.2, -0.15) is 5.10 Å². The molecule has 1 aliphatic heterocycles. The number of aryl methyl sites for hydroxylation is 1. The molecule has 1 aromatic heterocycles. The lowest BCUT2D eigenvalue weighted by molar-refractivity contribution is -0.128. The van der Waals surface area contributed by atoms with Crippen LogP contribution in [0.5, 0.6) is 5.75 Å². The molecule has 1 atom stereocenters. The average Bonchev–Trinajstić information content (AvgIpc) is 3.10. The molecule has 3 rings (SSSR count). The summed E-state index contributed by atoms with van der Waals surface area (Å²) < 4.78 is 13.1. The molecular formula is C17H21N3O3.